The topological polar surface area (TPSA) is 46.2 Å². The number of nitrogens with one attached hydrogen (secondary N) is 1. The van der Waals surface area contributed by atoms with Gasteiger partial charge >= 0.3 is 0 Å². The van der Waals surface area contributed by atoms with Gasteiger partial charge in [-0.15, -0.1) is 11.6 Å². The smallest absolute Gasteiger partial charge is 0.207 e. The Bertz CT molecular complexity index is 470. The highest BCUT2D eigenvalue weighted by Crippen LogP contribution is 2.15. The summed E-state index contributed by atoms with van der Waals surface area (Å²) >= 11 is 5.83. The van der Waals surface area contributed by atoms with Crippen molar-refractivity contribution in [2.75, 3.05) is 5.88 Å². The van der Waals surface area contributed by atoms with E-state index in [0.717, 1.165) is 12.0 Å². The molecule has 1 rings (SSSR count). The van der Waals surface area contributed by atoms with Crippen molar-refractivity contribution in [2.45, 2.75) is 38.1 Å². The Labute approximate surface area is 115 Å². The number of halogens is 1. The molecule has 1 aromatic carbocycles. The fourth-order valence-electron chi connectivity index (χ4n) is 1.57. The van der Waals surface area contributed by atoms with Gasteiger partial charge in [0.25, 0.3) is 0 Å². The van der Waals surface area contributed by atoms with Crippen molar-refractivity contribution in [3.8, 4) is 0 Å². The molecule has 18 heavy (non-hydrogen) atoms. The van der Waals surface area contributed by atoms with Crippen LogP contribution in [0.5, 0.6) is 0 Å². The molecule has 1 N–H and O–H groups in total. The molecule has 102 valence electrons. The summed E-state index contributed by atoms with van der Waals surface area (Å²) in [5.74, 6) is 0.489. The number of rotatable bonds is 6. The Morgan fingerprint density at radius 3 is 2.28 bits per heavy atom. The lowest BCUT2D eigenvalue weighted by Crippen LogP contribution is -2.40. The minimum Gasteiger partial charge on any atom is -0.207 e. The highest BCUT2D eigenvalue weighted by molar-refractivity contribution is 7.89. The monoisotopic (exact) mass is 289 g/mol. The Balaban J connectivity index is 2.90. The lowest BCUT2D eigenvalue weighted by Gasteiger charge is -2.21. The van der Waals surface area contributed by atoms with Gasteiger partial charge in [-0.1, -0.05) is 38.0 Å². The van der Waals surface area contributed by atoms with Crippen LogP contribution in [0.1, 0.15) is 25.8 Å². The molecule has 0 bridgehead atoms. The average molecular weight is 290 g/mol. The van der Waals surface area contributed by atoms with Crippen molar-refractivity contribution < 1.29 is 8.42 Å². The summed E-state index contributed by atoms with van der Waals surface area (Å²) in [5.41, 5.74) is 1.03. The second-order valence-electron chi connectivity index (χ2n) is 4.58. The summed E-state index contributed by atoms with van der Waals surface area (Å²) in [6.07, 6.45) is 0.883. The summed E-state index contributed by atoms with van der Waals surface area (Å²) in [6, 6.07) is 6.56. The Morgan fingerprint density at radius 1 is 1.28 bits per heavy atom. The molecule has 0 aliphatic heterocycles. The molecule has 5 heteroatoms. The van der Waals surface area contributed by atoms with Gasteiger partial charge in [-0.3, -0.25) is 0 Å². The first-order valence-electron chi connectivity index (χ1n) is 6.05. The summed E-state index contributed by atoms with van der Waals surface area (Å²) in [4.78, 5) is 0.284. The molecule has 0 aromatic heterocycles. The van der Waals surface area contributed by atoms with Gasteiger partial charge in [0.1, 0.15) is 0 Å². The van der Waals surface area contributed by atoms with E-state index in [0.29, 0.717) is 0 Å². The summed E-state index contributed by atoms with van der Waals surface area (Å²) < 4.78 is 27.0. The first-order chi connectivity index (χ1) is 8.40. The number of sulfonamides is 1. The van der Waals surface area contributed by atoms with E-state index in [1.54, 1.807) is 24.3 Å². The normalized spacial score (nSPS) is 15.3. The van der Waals surface area contributed by atoms with E-state index in [2.05, 4.69) is 4.72 Å². The molecule has 0 aliphatic rings. The highest BCUT2D eigenvalue weighted by Gasteiger charge is 2.22. The zero-order valence-electron chi connectivity index (χ0n) is 11.0. The maximum Gasteiger partial charge on any atom is 0.240 e. The molecule has 0 heterocycles. The Hall–Kier alpha value is -0.580. The summed E-state index contributed by atoms with van der Waals surface area (Å²) in [6.45, 7) is 5.93. The van der Waals surface area contributed by atoms with Crippen molar-refractivity contribution in [2.24, 2.45) is 5.92 Å². The van der Waals surface area contributed by atoms with Crippen LogP contribution in [0, 0.1) is 12.8 Å². The molecule has 3 nitrogen and oxygen atoms in total. The van der Waals surface area contributed by atoms with Gasteiger partial charge in [-0.2, -0.15) is 0 Å². The van der Waals surface area contributed by atoms with E-state index < -0.39 is 10.0 Å². The van der Waals surface area contributed by atoms with Crippen molar-refractivity contribution in [1.82, 2.24) is 4.72 Å². The number of hydrogen-bond donors (Lipinski definition) is 1. The van der Waals surface area contributed by atoms with Crippen molar-refractivity contribution in [3.05, 3.63) is 29.8 Å². The van der Waals surface area contributed by atoms with Crippen molar-refractivity contribution in [1.29, 1.82) is 0 Å². The van der Waals surface area contributed by atoms with Crippen LogP contribution in [-0.4, -0.2) is 20.3 Å². The molecule has 0 amide bonds. The fraction of sp³-hybridized carbons (Fsp3) is 0.538. The van der Waals surface area contributed by atoms with Gasteiger partial charge in [0.2, 0.25) is 10.0 Å². The van der Waals surface area contributed by atoms with Crippen LogP contribution < -0.4 is 4.72 Å². The highest BCUT2D eigenvalue weighted by atomic mass is 35.5. The zero-order chi connectivity index (χ0) is 13.8. The molecule has 0 aliphatic carbocycles. The van der Waals surface area contributed by atoms with Gasteiger partial charge in [0.15, 0.2) is 0 Å². The van der Waals surface area contributed by atoms with Gasteiger partial charge in [-0.25, -0.2) is 13.1 Å². The molecule has 0 fully saturated rings. The number of benzene rings is 1. The molecule has 0 radical (unpaired) electrons. The fourth-order valence-corrected chi connectivity index (χ4v) is 3.39. The van der Waals surface area contributed by atoms with Crippen LogP contribution in [0.4, 0.5) is 0 Å². The van der Waals surface area contributed by atoms with Crippen LogP contribution in [0.2, 0.25) is 0 Å². The molecule has 0 saturated carbocycles. The Kier molecular flexibility index (Phi) is 5.63. The van der Waals surface area contributed by atoms with Crippen LogP contribution in [0.3, 0.4) is 0 Å². The van der Waals surface area contributed by atoms with Crippen LogP contribution in [-0.2, 0) is 10.0 Å². The molecule has 0 spiro atoms. The summed E-state index contributed by atoms with van der Waals surface area (Å²) in [5, 5.41) is 0. The second kappa shape index (κ2) is 6.55. The molecule has 1 aromatic rings. The van der Waals surface area contributed by atoms with E-state index in [1.807, 2.05) is 20.8 Å². The predicted molar refractivity (Wildman–Crippen MR) is 75.5 cm³/mol. The van der Waals surface area contributed by atoms with E-state index in [9.17, 15) is 8.42 Å². The number of hydrogen-bond acceptors (Lipinski definition) is 2. The maximum absolute atomic E-state index is 12.2. The molecule has 2 atom stereocenters. The molecule has 0 saturated heterocycles. The first kappa shape index (κ1) is 15.5. The van der Waals surface area contributed by atoms with Gasteiger partial charge in [0.05, 0.1) is 4.90 Å². The second-order valence-corrected chi connectivity index (χ2v) is 6.60. The predicted octanol–water partition coefficient (Wildman–Crippen LogP) is 2.93. The number of alkyl halides is 1. The average Bonchev–Trinajstić information content (AvgIpc) is 2.35. The van der Waals surface area contributed by atoms with Crippen molar-refractivity contribution >= 4 is 21.6 Å². The molecular weight excluding hydrogens is 270 g/mol. The van der Waals surface area contributed by atoms with E-state index >= 15 is 0 Å². The maximum atomic E-state index is 12.2. The lowest BCUT2D eigenvalue weighted by atomic mass is 10.0. The van der Waals surface area contributed by atoms with Gasteiger partial charge < -0.3 is 0 Å². The third-order valence-electron chi connectivity index (χ3n) is 3.13. The summed E-state index contributed by atoms with van der Waals surface area (Å²) in [7, 11) is -3.48. The minimum atomic E-state index is -3.48. The van der Waals surface area contributed by atoms with E-state index in [-0.39, 0.29) is 22.7 Å². The van der Waals surface area contributed by atoms with Crippen molar-refractivity contribution in [3.63, 3.8) is 0 Å². The van der Waals surface area contributed by atoms with Crippen LogP contribution >= 0.6 is 11.6 Å². The van der Waals surface area contributed by atoms with Gasteiger partial charge in [-0.05, 0) is 25.0 Å². The zero-order valence-corrected chi connectivity index (χ0v) is 12.6. The number of aryl methyl sites for hydroxylation is 1. The van der Waals surface area contributed by atoms with E-state index in [4.69, 9.17) is 11.6 Å². The van der Waals surface area contributed by atoms with Crippen LogP contribution in [0.25, 0.3) is 0 Å². The first-order valence-corrected chi connectivity index (χ1v) is 8.07. The molecule has 2 unspecified atom stereocenters. The largest absolute Gasteiger partial charge is 0.240 e. The van der Waals surface area contributed by atoms with Gasteiger partial charge in [0, 0.05) is 11.9 Å². The third-order valence-corrected chi connectivity index (χ3v) is 4.97. The SMILES string of the molecule is CCC(C)C(CCl)NS(=O)(=O)c1ccc(C)cc1. The minimum absolute atomic E-state index is 0.211. The third kappa shape index (κ3) is 3.97. The quantitative estimate of drug-likeness (QED) is 0.819. The lowest BCUT2D eigenvalue weighted by molar-refractivity contribution is 0.437. The van der Waals surface area contributed by atoms with E-state index in [1.165, 1.54) is 0 Å². The van der Waals surface area contributed by atoms with Crippen LogP contribution in [0.15, 0.2) is 29.2 Å². The Morgan fingerprint density at radius 2 is 1.83 bits per heavy atom. The standard InChI is InChI=1S/C13H20ClNO2S/c1-4-11(3)13(9-14)15-18(16,17)12-7-5-10(2)6-8-12/h5-8,11,13,15H,4,9H2,1-3H3. The molecular formula is C13H20ClNO2S.